The lowest BCUT2D eigenvalue weighted by Crippen LogP contribution is -2.27. The molecule has 0 bridgehead atoms. The Morgan fingerprint density at radius 2 is 2.06 bits per heavy atom. The van der Waals surface area contributed by atoms with Crippen molar-refractivity contribution in [2.45, 2.75) is 33.6 Å². The summed E-state index contributed by atoms with van der Waals surface area (Å²) in [4.78, 5) is 0. The molecule has 0 aliphatic rings. The molecule has 0 fully saturated rings. The van der Waals surface area contributed by atoms with Gasteiger partial charge in [0.15, 0.2) is 0 Å². The molecule has 0 heterocycles. The van der Waals surface area contributed by atoms with E-state index in [1.807, 2.05) is 14.0 Å². The van der Waals surface area contributed by atoms with Crippen molar-refractivity contribution < 1.29 is 4.74 Å². The molecule has 0 aromatic heterocycles. The molecule has 0 amide bonds. The number of nitrogens with one attached hydrogen (secondary N) is 1. The molecule has 1 rings (SSSR count). The highest BCUT2D eigenvalue weighted by Crippen LogP contribution is 2.28. The SMILES string of the molecule is CCOc1ccc(CCC(C)(C)CNC)c(Br)c1. The van der Waals surface area contributed by atoms with Crippen molar-refractivity contribution in [1.82, 2.24) is 5.32 Å². The Balaban J connectivity index is 2.62. The number of hydrogen-bond acceptors (Lipinski definition) is 2. The van der Waals surface area contributed by atoms with Crippen molar-refractivity contribution in [3.8, 4) is 5.75 Å². The normalized spacial score (nSPS) is 11.6. The van der Waals surface area contributed by atoms with Gasteiger partial charge in [-0.2, -0.15) is 0 Å². The van der Waals surface area contributed by atoms with Gasteiger partial charge in [0.1, 0.15) is 5.75 Å². The summed E-state index contributed by atoms with van der Waals surface area (Å²) in [6.45, 7) is 8.35. The zero-order valence-electron chi connectivity index (χ0n) is 11.8. The van der Waals surface area contributed by atoms with E-state index in [0.29, 0.717) is 12.0 Å². The van der Waals surface area contributed by atoms with Crippen LogP contribution in [0.3, 0.4) is 0 Å². The van der Waals surface area contributed by atoms with Gasteiger partial charge in [0, 0.05) is 4.47 Å². The molecule has 1 aromatic rings. The van der Waals surface area contributed by atoms with Gasteiger partial charge in [0.25, 0.3) is 0 Å². The predicted molar refractivity (Wildman–Crippen MR) is 81.3 cm³/mol. The monoisotopic (exact) mass is 313 g/mol. The molecule has 0 aliphatic carbocycles. The number of halogens is 1. The smallest absolute Gasteiger partial charge is 0.120 e. The molecular formula is C15H24BrNO. The summed E-state index contributed by atoms with van der Waals surface area (Å²) >= 11 is 3.63. The topological polar surface area (TPSA) is 21.3 Å². The summed E-state index contributed by atoms with van der Waals surface area (Å²) in [6.07, 6.45) is 2.25. The Hall–Kier alpha value is -0.540. The lowest BCUT2D eigenvalue weighted by atomic mass is 9.86. The van der Waals surface area contributed by atoms with Crippen molar-refractivity contribution in [3.63, 3.8) is 0 Å². The van der Waals surface area contributed by atoms with Crippen LogP contribution in [0.25, 0.3) is 0 Å². The maximum atomic E-state index is 5.49. The first kappa shape index (κ1) is 15.5. The van der Waals surface area contributed by atoms with Crippen LogP contribution in [0.2, 0.25) is 0 Å². The molecular weight excluding hydrogens is 290 g/mol. The maximum absolute atomic E-state index is 5.49. The molecule has 0 unspecified atom stereocenters. The minimum absolute atomic E-state index is 0.326. The minimum Gasteiger partial charge on any atom is -0.494 e. The van der Waals surface area contributed by atoms with Crippen LogP contribution in [0.5, 0.6) is 5.75 Å². The van der Waals surface area contributed by atoms with Crippen molar-refractivity contribution in [3.05, 3.63) is 28.2 Å². The lowest BCUT2D eigenvalue weighted by Gasteiger charge is -2.24. The highest BCUT2D eigenvalue weighted by molar-refractivity contribution is 9.10. The summed E-state index contributed by atoms with van der Waals surface area (Å²) in [5, 5.41) is 3.25. The number of benzene rings is 1. The van der Waals surface area contributed by atoms with Crippen LogP contribution >= 0.6 is 15.9 Å². The van der Waals surface area contributed by atoms with Crippen LogP contribution in [0.1, 0.15) is 32.8 Å². The average molecular weight is 314 g/mol. The number of ether oxygens (including phenoxy) is 1. The fraction of sp³-hybridized carbons (Fsp3) is 0.600. The fourth-order valence-electron chi connectivity index (χ4n) is 2.03. The number of hydrogen-bond donors (Lipinski definition) is 1. The van der Waals surface area contributed by atoms with Crippen molar-refractivity contribution in [1.29, 1.82) is 0 Å². The predicted octanol–water partition coefficient (Wildman–Crippen LogP) is 4.03. The van der Waals surface area contributed by atoms with Crippen LogP contribution in [0.15, 0.2) is 22.7 Å². The first-order valence-corrected chi connectivity index (χ1v) is 7.33. The largest absolute Gasteiger partial charge is 0.494 e. The van der Waals surface area contributed by atoms with E-state index in [-0.39, 0.29) is 0 Å². The van der Waals surface area contributed by atoms with Crippen molar-refractivity contribution in [2.75, 3.05) is 20.2 Å². The van der Waals surface area contributed by atoms with E-state index in [0.717, 1.165) is 23.2 Å². The molecule has 2 nitrogen and oxygen atoms in total. The van der Waals surface area contributed by atoms with Crippen LogP contribution in [0.4, 0.5) is 0 Å². The van der Waals surface area contributed by atoms with E-state index in [4.69, 9.17) is 4.74 Å². The molecule has 0 spiro atoms. The van der Waals surface area contributed by atoms with Gasteiger partial charge in [-0.25, -0.2) is 0 Å². The van der Waals surface area contributed by atoms with Crippen molar-refractivity contribution >= 4 is 15.9 Å². The van der Waals surface area contributed by atoms with E-state index in [9.17, 15) is 0 Å². The van der Waals surface area contributed by atoms with Gasteiger partial charge in [0.05, 0.1) is 6.61 Å². The molecule has 0 aliphatic heterocycles. The summed E-state index contributed by atoms with van der Waals surface area (Å²) in [5.41, 5.74) is 1.68. The van der Waals surface area contributed by atoms with Crippen LogP contribution < -0.4 is 10.1 Å². The second kappa shape index (κ2) is 7.15. The second-order valence-electron chi connectivity index (χ2n) is 5.38. The molecule has 0 saturated heterocycles. The standard InChI is InChI=1S/C15H24BrNO/c1-5-18-13-7-6-12(14(16)10-13)8-9-15(2,3)11-17-4/h6-7,10,17H,5,8-9,11H2,1-4H3. The van der Waals surface area contributed by atoms with Crippen LogP contribution in [-0.4, -0.2) is 20.2 Å². The third-order valence-electron chi connectivity index (χ3n) is 3.06. The Morgan fingerprint density at radius 3 is 2.61 bits per heavy atom. The van der Waals surface area contributed by atoms with Gasteiger partial charge >= 0.3 is 0 Å². The Bertz CT molecular complexity index is 377. The third kappa shape index (κ3) is 4.99. The quantitative estimate of drug-likeness (QED) is 0.820. The molecule has 0 saturated carbocycles. The zero-order valence-corrected chi connectivity index (χ0v) is 13.4. The molecule has 1 aromatic carbocycles. The molecule has 18 heavy (non-hydrogen) atoms. The summed E-state index contributed by atoms with van der Waals surface area (Å²) < 4.78 is 6.63. The first-order valence-electron chi connectivity index (χ1n) is 6.54. The highest BCUT2D eigenvalue weighted by atomic mass is 79.9. The van der Waals surface area contributed by atoms with Gasteiger partial charge in [0.2, 0.25) is 0 Å². The lowest BCUT2D eigenvalue weighted by molar-refractivity contribution is 0.324. The Labute approximate surface area is 119 Å². The average Bonchev–Trinajstić information content (AvgIpc) is 2.28. The van der Waals surface area contributed by atoms with Crippen molar-refractivity contribution in [2.24, 2.45) is 5.41 Å². The molecule has 0 radical (unpaired) electrons. The minimum atomic E-state index is 0.326. The fourth-order valence-corrected chi connectivity index (χ4v) is 2.58. The summed E-state index contributed by atoms with van der Waals surface area (Å²) in [7, 11) is 2.01. The van der Waals surface area contributed by atoms with Crippen LogP contribution in [0, 0.1) is 5.41 Å². The molecule has 1 N–H and O–H groups in total. The first-order chi connectivity index (χ1) is 8.48. The van der Waals surface area contributed by atoms with E-state index in [1.165, 1.54) is 12.0 Å². The summed E-state index contributed by atoms with van der Waals surface area (Å²) in [5.74, 6) is 0.933. The van der Waals surface area contributed by atoms with Gasteiger partial charge in [-0.3, -0.25) is 0 Å². The van der Waals surface area contributed by atoms with Gasteiger partial charge in [-0.15, -0.1) is 0 Å². The maximum Gasteiger partial charge on any atom is 0.120 e. The summed E-state index contributed by atoms with van der Waals surface area (Å²) in [6, 6.07) is 6.27. The third-order valence-corrected chi connectivity index (χ3v) is 3.80. The zero-order chi connectivity index (χ0) is 13.6. The van der Waals surface area contributed by atoms with Gasteiger partial charge in [-0.05, 0) is 56.5 Å². The Morgan fingerprint density at radius 1 is 1.33 bits per heavy atom. The van der Waals surface area contributed by atoms with Gasteiger partial charge in [-0.1, -0.05) is 35.8 Å². The number of aryl methyl sites for hydroxylation is 1. The van der Waals surface area contributed by atoms with Gasteiger partial charge < -0.3 is 10.1 Å². The Kier molecular flexibility index (Phi) is 6.16. The molecule has 102 valence electrons. The highest BCUT2D eigenvalue weighted by Gasteiger charge is 2.17. The van der Waals surface area contributed by atoms with E-state index in [1.54, 1.807) is 0 Å². The van der Waals surface area contributed by atoms with Crippen LogP contribution in [-0.2, 0) is 6.42 Å². The van der Waals surface area contributed by atoms with E-state index in [2.05, 4.69) is 53.3 Å². The van der Waals surface area contributed by atoms with E-state index >= 15 is 0 Å². The molecule has 3 heteroatoms. The molecule has 0 atom stereocenters. The second-order valence-corrected chi connectivity index (χ2v) is 6.24. The van der Waals surface area contributed by atoms with E-state index < -0.39 is 0 Å². The number of rotatable bonds is 7.